The number of hydrogen-bond donors (Lipinski definition) is 1. The number of nitrogens with one attached hydrogen (secondary N) is 1. The maximum atomic E-state index is 3.49. The van der Waals surface area contributed by atoms with Gasteiger partial charge < -0.3 is 5.32 Å². The van der Waals surface area contributed by atoms with Crippen LogP contribution >= 0.6 is 39.0 Å². The lowest BCUT2D eigenvalue weighted by atomic mass is 10.2. The van der Waals surface area contributed by atoms with Gasteiger partial charge in [0.25, 0.3) is 0 Å². The average molecular weight is 356 g/mol. The minimum absolute atomic E-state index is 0.534. The minimum atomic E-state index is 0.534. The zero-order chi connectivity index (χ0) is 13.7. The third kappa shape index (κ3) is 5.30. The van der Waals surface area contributed by atoms with Gasteiger partial charge in [-0.15, -0.1) is 23.1 Å². The first-order chi connectivity index (χ1) is 9.13. The first-order valence-electron chi connectivity index (χ1n) is 6.31. The summed E-state index contributed by atoms with van der Waals surface area (Å²) >= 11 is 7.19. The largest absolute Gasteiger partial charge is 0.310 e. The SMILES string of the molecule is CC(C)NCc1ccc(SCc2cc(Br)cs2)cc1. The van der Waals surface area contributed by atoms with Gasteiger partial charge in [-0.05, 0) is 39.7 Å². The summed E-state index contributed by atoms with van der Waals surface area (Å²) in [7, 11) is 0. The van der Waals surface area contributed by atoms with Crippen LogP contribution in [0.25, 0.3) is 0 Å². The second-order valence-electron chi connectivity index (χ2n) is 4.70. The predicted octanol–water partition coefficient (Wildman–Crippen LogP) is 5.30. The molecule has 4 heteroatoms. The highest BCUT2D eigenvalue weighted by Crippen LogP contribution is 2.28. The highest BCUT2D eigenvalue weighted by atomic mass is 79.9. The van der Waals surface area contributed by atoms with Crippen LogP contribution < -0.4 is 5.32 Å². The fourth-order valence-corrected chi connectivity index (χ4v) is 4.01. The molecule has 0 radical (unpaired) electrons. The van der Waals surface area contributed by atoms with Gasteiger partial charge in [-0.3, -0.25) is 0 Å². The lowest BCUT2D eigenvalue weighted by Gasteiger charge is -2.08. The highest BCUT2D eigenvalue weighted by molar-refractivity contribution is 9.10. The van der Waals surface area contributed by atoms with Gasteiger partial charge in [-0.2, -0.15) is 0 Å². The Morgan fingerprint density at radius 3 is 2.58 bits per heavy atom. The van der Waals surface area contributed by atoms with Crippen LogP contribution in [0.4, 0.5) is 0 Å². The van der Waals surface area contributed by atoms with Crippen molar-refractivity contribution in [2.45, 2.75) is 37.1 Å². The molecule has 102 valence electrons. The molecule has 0 unspecified atom stereocenters. The summed E-state index contributed by atoms with van der Waals surface area (Å²) in [6.07, 6.45) is 0. The van der Waals surface area contributed by atoms with E-state index in [1.165, 1.54) is 19.8 Å². The smallest absolute Gasteiger partial charge is 0.0326 e. The predicted molar refractivity (Wildman–Crippen MR) is 90.0 cm³/mol. The van der Waals surface area contributed by atoms with Crippen LogP contribution in [0.3, 0.4) is 0 Å². The summed E-state index contributed by atoms with van der Waals surface area (Å²) in [6, 6.07) is 11.6. The van der Waals surface area contributed by atoms with E-state index in [0.29, 0.717) is 6.04 Å². The van der Waals surface area contributed by atoms with E-state index < -0.39 is 0 Å². The summed E-state index contributed by atoms with van der Waals surface area (Å²) in [5.41, 5.74) is 1.34. The molecule has 1 heterocycles. The molecular formula is C15H18BrNS2. The highest BCUT2D eigenvalue weighted by Gasteiger charge is 2.00. The van der Waals surface area contributed by atoms with Gasteiger partial charge in [-0.1, -0.05) is 26.0 Å². The van der Waals surface area contributed by atoms with E-state index in [-0.39, 0.29) is 0 Å². The van der Waals surface area contributed by atoms with Crippen molar-refractivity contribution in [3.63, 3.8) is 0 Å². The third-order valence-corrected chi connectivity index (χ3v) is 5.58. The van der Waals surface area contributed by atoms with Crippen LogP contribution in [0.1, 0.15) is 24.3 Å². The van der Waals surface area contributed by atoms with Gasteiger partial charge in [0, 0.05) is 38.0 Å². The fourth-order valence-electron chi connectivity index (χ4n) is 1.61. The van der Waals surface area contributed by atoms with E-state index in [1.54, 1.807) is 11.3 Å². The van der Waals surface area contributed by atoms with E-state index >= 15 is 0 Å². The average Bonchev–Trinajstić information content (AvgIpc) is 2.81. The van der Waals surface area contributed by atoms with E-state index in [9.17, 15) is 0 Å². The molecule has 0 spiro atoms. The molecule has 0 fully saturated rings. The molecule has 0 aliphatic rings. The maximum absolute atomic E-state index is 3.49. The van der Waals surface area contributed by atoms with Crippen LogP contribution in [-0.2, 0) is 12.3 Å². The van der Waals surface area contributed by atoms with Gasteiger partial charge in [0.05, 0.1) is 0 Å². The molecular weight excluding hydrogens is 338 g/mol. The molecule has 2 rings (SSSR count). The zero-order valence-electron chi connectivity index (χ0n) is 11.2. The Kier molecular flexibility index (Phi) is 5.95. The number of thioether (sulfide) groups is 1. The Hall–Kier alpha value is -0.290. The van der Waals surface area contributed by atoms with Crippen molar-refractivity contribution < 1.29 is 0 Å². The van der Waals surface area contributed by atoms with Gasteiger partial charge in [0.15, 0.2) is 0 Å². The molecule has 2 aromatic rings. The minimum Gasteiger partial charge on any atom is -0.310 e. The lowest BCUT2D eigenvalue weighted by molar-refractivity contribution is 0.588. The summed E-state index contributed by atoms with van der Waals surface area (Å²) in [4.78, 5) is 2.74. The Morgan fingerprint density at radius 2 is 2.00 bits per heavy atom. The van der Waals surface area contributed by atoms with Gasteiger partial charge in [0.2, 0.25) is 0 Å². The summed E-state index contributed by atoms with van der Waals surface area (Å²) in [6.45, 7) is 5.28. The lowest BCUT2D eigenvalue weighted by Crippen LogP contribution is -2.21. The number of halogens is 1. The second-order valence-corrected chi connectivity index (χ2v) is 7.66. The molecule has 0 bridgehead atoms. The quantitative estimate of drug-likeness (QED) is 0.705. The topological polar surface area (TPSA) is 12.0 Å². The number of rotatable bonds is 6. The van der Waals surface area contributed by atoms with Crippen molar-refractivity contribution in [1.29, 1.82) is 0 Å². The number of hydrogen-bond acceptors (Lipinski definition) is 3. The molecule has 0 atom stereocenters. The summed E-state index contributed by atoms with van der Waals surface area (Å²) in [5.74, 6) is 1.04. The van der Waals surface area contributed by atoms with Gasteiger partial charge in [0.1, 0.15) is 0 Å². The van der Waals surface area contributed by atoms with Crippen molar-refractivity contribution in [1.82, 2.24) is 5.32 Å². The van der Waals surface area contributed by atoms with Crippen LogP contribution in [0.2, 0.25) is 0 Å². The van der Waals surface area contributed by atoms with Gasteiger partial charge >= 0.3 is 0 Å². The van der Waals surface area contributed by atoms with Gasteiger partial charge in [-0.25, -0.2) is 0 Å². The van der Waals surface area contributed by atoms with Crippen molar-refractivity contribution >= 4 is 39.0 Å². The van der Waals surface area contributed by atoms with E-state index in [1.807, 2.05) is 11.8 Å². The number of thiophene rings is 1. The summed E-state index contributed by atoms with van der Waals surface area (Å²) in [5, 5.41) is 5.57. The van der Waals surface area contributed by atoms with Crippen LogP contribution in [0.15, 0.2) is 45.1 Å². The van der Waals surface area contributed by atoms with E-state index in [4.69, 9.17) is 0 Å². The van der Waals surface area contributed by atoms with Crippen LogP contribution in [-0.4, -0.2) is 6.04 Å². The van der Waals surface area contributed by atoms with Crippen molar-refractivity contribution in [2.75, 3.05) is 0 Å². The standard InChI is InChI=1S/C15H18BrNS2/c1-11(2)17-8-12-3-5-14(6-4-12)19-10-15-7-13(16)9-18-15/h3-7,9,11,17H,8,10H2,1-2H3. The monoisotopic (exact) mass is 355 g/mol. The molecule has 1 N–H and O–H groups in total. The maximum Gasteiger partial charge on any atom is 0.0326 e. The molecule has 19 heavy (non-hydrogen) atoms. The van der Waals surface area contributed by atoms with Crippen molar-refractivity contribution in [3.8, 4) is 0 Å². The molecule has 0 aliphatic heterocycles. The van der Waals surface area contributed by atoms with Crippen LogP contribution in [0, 0.1) is 0 Å². The first-order valence-corrected chi connectivity index (χ1v) is 8.97. The Morgan fingerprint density at radius 1 is 1.26 bits per heavy atom. The third-order valence-electron chi connectivity index (χ3n) is 2.64. The molecule has 1 aromatic carbocycles. The zero-order valence-corrected chi connectivity index (χ0v) is 14.4. The molecule has 0 amide bonds. The molecule has 0 saturated heterocycles. The summed E-state index contributed by atoms with van der Waals surface area (Å²) < 4.78 is 1.18. The van der Waals surface area contributed by atoms with Crippen molar-refractivity contribution in [3.05, 3.63) is 50.6 Å². The van der Waals surface area contributed by atoms with Crippen LogP contribution in [0.5, 0.6) is 0 Å². The Labute approximate surface area is 131 Å². The Bertz CT molecular complexity index is 505. The molecule has 1 aromatic heterocycles. The molecule has 0 aliphatic carbocycles. The normalized spacial score (nSPS) is 11.2. The van der Waals surface area contributed by atoms with Crippen molar-refractivity contribution in [2.24, 2.45) is 0 Å². The molecule has 1 nitrogen and oxygen atoms in total. The second kappa shape index (κ2) is 7.48. The van der Waals surface area contributed by atoms with E-state index in [0.717, 1.165) is 12.3 Å². The fraction of sp³-hybridized carbons (Fsp3) is 0.333. The first kappa shape index (κ1) is 15.1. The Balaban J connectivity index is 1.84. The molecule has 0 saturated carbocycles. The number of benzene rings is 1. The van der Waals surface area contributed by atoms with E-state index in [2.05, 4.69) is 70.8 Å².